The summed E-state index contributed by atoms with van der Waals surface area (Å²) in [5, 5.41) is 5.46. The van der Waals surface area contributed by atoms with Crippen LogP contribution in [-0.2, 0) is 23.9 Å². The second-order valence-electron chi connectivity index (χ2n) is 6.54. The van der Waals surface area contributed by atoms with Gasteiger partial charge in [-0.3, -0.25) is 14.4 Å². The van der Waals surface area contributed by atoms with E-state index in [-0.39, 0.29) is 36.0 Å². The van der Waals surface area contributed by atoms with Crippen LogP contribution in [0.1, 0.15) is 33.1 Å². The van der Waals surface area contributed by atoms with Gasteiger partial charge in [-0.05, 0) is 19.8 Å². The van der Waals surface area contributed by atoms with Crippen molar-refractivity contribution in [3.8, 4) is 0 Å². The highest BCUT2D eigenvalue weighted by molar-refractivity contribution is 5.87. The minimum Gasteiger partial charge on any atom is -0.375 e. The van der Waals surface area contributed by atoms with E-state index in [1.165, 1.54) is 7.11 Å². The van der Waals surface area contributed by atoms with Crippen LogP contribution in [0.25, 0.3) is 0 Å². The van der Waals surface area contributed by atoms with Gasteiger partial charge in [0.2, 0.25) is 17.7 Å². The fourth-order valence-corrected chi connectivity index (χ4v) is 3.17. The molecule has 2 unspecified atom stereocenters. The predicted octanol–water partition coefficient (Wildman–Crippen LogP) is -0.576. The standard InChI is InChI=1S/C16H27N3O5/c1-4-13(20)18-11(2)15(22)19-9-16(10-19)6-5-12(24-16)7-17-14(21)8-23-3/h11-12H,4-10H2,1-3H3,(H,17,21)(H,18,20). The lowest BCUT2D eigenvalue weighted by Gasteiger charge is -2.48. The minimum absolute atomic E-state index is 0.0275. The van der Waals surface area contributed by atoms with Gasteiger partial charge < -0.3 is 25.0 Å². The number of methoxy groups -OCH3 is 1. The predicted molar refractivity (Wildman–Crippen MR) is 86.2 cm³/mol. The molecule has 2 N–H and O–H groups in total. The Kier molecular flexibility index (Phi) is 6.17. The van der Waals surface area contributed by atoms with Crippen molar-refractivity contribution in [1.29, 1.82) is 0 Å². The molecule has 2 rings (SSSR count). The summed E-state index contributed by atoms with van der Waals surface area (Å²) in [4.78, 5) is 36.8. The molecule has 0 aromatic rings. The third-order valence-corrected chi connectivity index (χ3v) is 4.48. The van der Waals surface area contributed by atoms with Gasteiger partial charge in [0.05, 0.1) is 19.2 Å². The topological polar surface area (TPSA) is 97.0 Å². The van der Waals surface area contributed by atoms with Crippen LogP contribution in [0.2, 0.25) is 0 Å². The number of amides is 3. The third kappa shape index (κ3) is 4.45. The number of nitrogens with zero attached hydrogens (tertiary/aromatic N) is 1. The zero-order valence-electron chi connectivity index (χ0n) is 14.6. The Morgan fingerprint density at radius 2 is 2.04 bits per heavy atom. The lowest BCUT2D eigenvalue weighted by atomic mass is 9.90. The molecule has 2 fully saturated rings. The van der Waals surface area contributed by atoms with Gasteiger partial charge in [0.15, 0.2) is 0 Å². The van der Waals surface area contributed by atoms with E-state index in [1.807, 2.05) is 0 Å². The normalized spacial score (nSPS) is 22.8. The second kappa shape index (κ2) is 7.94. The van der Waals surface area contributed by atoms with Crippen LogP contribution in [0.3, 0.4) is 0 Å². The molecule has 2 aliphatic heterocycles. The molecule has 0 aliphatic carbocycles. The van der Waals surface area contributed by atoms with E-state index in [0.717, 1.165) is 12.8 Å². The molecule has 2 aliphatic rings. The first-order valence-corrected chi connectivity index (χ1v) is 8.40. The number of likely N-dealkylation sites (tertiary alicyclic amines) is 1. The second-order valence-corrected chi connectivity index (χ2v) is 6.54. The Labute approximate surface area is 142 Å². The Bertz CT molecular complexity index is 490. The van der Waals surface area contributed by atoms with Crippen molar-refractivity contribution < 1.29 is 23.9 Å². The fraction of sp³-hybridized carbons (Fsp3) is 0.812. The Balaban J connectivity index is 1.72. The number of carbonyl (C=O) groups excluding carboxylic acids is 3. The maximum atomic E-state index is 12.3. The molecule has 0 bridgehead atoms. The summed E-state index contributed by atoms with van der Waals surface area (Å²) in [6.45, 7) is 5.04. The molecule has 1 spiro atoms. The zero-order valence-corrected chi connectivity index (χ0v) is 14.6. The molecule has 2 saturated heterocycles. The zero-order chi connectivity index (χ0) is 17.7. The summed E-state index contributed by atoms with van der Waals surface area (Å²) in [6.07, 6.45) is 2.07. The van der Waals surface area contributed by atoms with Gasteiger partial charge in [-0.15, -0.1) is 0 Å². The summed E-state index contributed by atoms with van der Waals surface area (Å²) in [7, 11) is 1.48. The molecule has 2 heterocycles. The SMILES string of the molecule is CCC(=O)NC(C)C(=O)N1CC2(CCC(CNC(=O)COC)O2)C1. The van der Waals surface area contributed by atoms with E-state index >= 15 is 0 Å². The first-order valence-electron chi connectivity index (χ1n) is 8.40. The van der Waals surface area contributed by atoms with E-state index in [2.05, 4.69) is 10.6 Å². The molecule has 136 valence electrons. The van der Waals surface area contributed by atoms with Crippen molar-refractivity contribution in [1.82, 2.24) is 15.5 Å². The molecule has 0 saturated carbocycles. The van der Waals surface area contributed by atoms with Crippen molar-refractivity contribution in [3.05, 3.63) is 0 Å². The molecule has 3 amide bonds. The monoisotopic (exact) mass is 341 g/mol. The van der Waals surface area contributed by atoms with Gasteiger partial charge >= 0.3 is 0 Å². The Morgan fingerprint density at radius 3 is 2.67 bits per heavy atom. The van der Waals surface area contributed by atoms with Crippen LogP contribution in [-0.4, -0.2) is 73.7 Å². The van der Waals surface area contributed by atoms with Gasteiger partial charge in [-0.1, -0.05) is 6.92 Å². The summed E-state index contributed by atoms with van der Waals surface area (Å²) in [6, 6.07) is -0.514. The fourth-order valence-electron chi connectivity index (χ4n) is 3.17. The van der Waals surface area contributed by atoms with E-state index in [9.17, 15) is 14.4 Å². The lowest BCUT2D eigenvalue weighted by Crippen LogP contribution is -2.66. The molecular weight excluding hydrogens is 314 g/mol. The summed E-state index contributed by atoms with van der Waals surface area (Å²) >= 11 is 0. The van der Waals surface area contributed by atoms with Crippen LogP contribution in [0, 0.1) is 0 Å². The van der Waals surface area contributed by atoms with Gasteiger partial charge in [0.1, 0.15) is 18.2 Å². The molecule has 0 aromatic carbocycles. The van der Waals surface area contributed by atoms with Crippen LogP contribution >= 0.6 is 0 Å². The highest BCUT2D eigenvalue weighted by atomic mass is 16.5. The summed E-state index contributed by atoms with van der Waals surface area (Å²) in [5.41, 5.74) is -0.291. The summed E-state index contributed by atoms with van der Waals surface area (Å²) in [5.74, 6) is -0.370. The van der Waals surface area contributed by atoms with Crippen LogP contribution < -0.4 is 10.6 Å². The van der Waals surface area contributed by atoms with Gasteiger partial charge in [-0.25, -0.2) is 0 Å². The molecular formula is C16H27N3O5. The van der Waals surface area contributed by atoms with Crippen LogP contribution in [0.5, 0.6) is 0 Å². The first kappa shape index (κ1) is 18.7. The van der Waals surface area contributed by atoms with Crippen molar-refractivity contribution in [2.24, 2.45) is 0 Å². The van der Waals surface area contributed by atoms with Crippen LogP contribution in [0.15, 0.2) is 0 Å². The number of nitrogens with one attached hydrogen (secondary N) is 2. The number of rotatable bonds is 7. The Hall–Kier alpha value is -1.67. The Morgan fingerprint density at radius 1 is 1.33 bits per heavy atom. The number of hydrogen-bond donors (Lipinski definition) is 2. The lowest BCUT2D eigenvalue weighted by molar-refractivity contribution is -0.166. The molecule has 8 heteroatoms. The molecule has 24 heavy (non-hydrogen) atoms. The highest BCUT2D eigenvalue weighted by Gasteiger charge is 2.51. The maximum Gasteiger partial charge on any atom is 0.246 e. The number of carbonyl (C=O) groups is 3. The van der Waals surface area contributed by atoms with E-state index < -0.39 is 6.04 Å². The van der Waals surface area contributed by atoms with Gasteiger partial charge in [0, 0.05) is 20.1 Å². The number of hydrogen-bond acceptors (Lipinski definition) is 5. The minimum atomic E-state index is -0.514. The first-order chi connectivity index (χ1) is 11.4. The molecule has 0 radical (unpaired) electrons. The maximum absolute atomic E-state index is 12.3. The van der Waals surface area contributed by atoms with E-state index in [4.69, 9.17) is 9.47 Å². The van der Waals surface area contributed by atoms with Gasteiger partial charge in [0.25, 0.3) is 0 Å². The number of ether oxygens (including phenoxy) is 2. The molecule has 0 aromatic heterocycles. The summed E-state index contributed by atoms with van der Waals surface area (Å²) < 4.78 is 10.8. The molecule has 8 nitrogen and oxygen atoms in total. The molecule has 2 atom stereocenters. The van der Waals surface area contributed by atoms with Gasteiger partial charge in [-0.2, -0.15) is 0 Å². The average molecular weight is 341 g/mol. The highest BCUT2D eigenvalue weighted by Crippen LogP contribution is 2.38. The smallest absolute Gasteiger partial charge is 0.246 e. The van der Waals surface area contributed by atoms with E-state index in [0.29, 0.717) is 26.1 Å². The quantitative estimate of drug-likeness (QED) is 0.646. The van der Waals surface area contributed by atoms with Crippen molar-refractivity contribution in [2.75, 3.05) is 33.4 Å². The van der Waals surface area contributed by atoms with Crippen molar-refractivity contribution in [3.63, 3.8) is 0 Å². The third-order valence-electron chi connectivity index (χ3n) is 4.48. The largest absolute Gasteiger partial charge is 0.375 e. The van der Waals surface area contributed by atoms with Crippen molar-refractivity contribution >= 4 is 17.7 Å². The van der Waals surface area contributed by atoms with Crippen molar-refractivity contribution in [2.45, 2.75) is 50.9 Å². The average Bonchev–Trinajstić information content (AvgIpc) is 2.95. The van der Waals surface area contributed by atoms with E-state index in [1.54, 1.807) is 18.7 Å². The van der Waals surface area contributed by atoms with Crippen LogP contribution in [0.4, 0.5) is 0 Å².